The van der Waals surface area contributed by atoms with Gasteiger partial charge in [0.05, 0.1) is 24.1 Å². The predicted octanol–water partition coefficient (Wildman–Crippen LogP) is 2.42. The predicted molar refractivity (Wildman–Crippen MR) is 75.7 cm³/mol. The van der Waals surface area contributed by atoms with Crippen LogP contribution in [0.2, 0.25) is 0 Å². The van der Waals surface area contributed by atoms with Crippen LogP contribution in [-0.2, 0) is 7.05 Å². The highest BCUT2D eigenvalue weighted by molar-refractivity contribution is 5.74. The molecule has 104 valence electrons. The second-order valence-electron chi connectivity index (χ2n) is 4.70. The van der Waals surface area contributed by atoms with Crippen LogP contribution in [-0.4, -0.2) is 11.1 Å². The van der Waals surface area contributed by atoms with Crippen LogP contribution in [0.25, 0.3) is 11.1 Å². The first-order valence-electron chi connectivity index (χ1n) is 6.55. The van der Waals surface area contributed by atoms with Crippen molar-refractivity contribution in [2.75, 3.05) is 6.54 Å². The molecular formula is C15H16N2O3. The highest BCUT2D eigenvalue weighted by Crippen LogP contribution is 2.25. The van der Waals surface area contributed by atoms with Crippen LogP contribution in [0.4, 0.5) is 0 Å². The van der Waals surface area contributed by atoms with Gasteiger partial charge in [-0.15, -0.1) is 0 Å². The number of hydrogen-bond donors (Lipinski definition) is 1. The molecule has 1 atom stereocenters. The first-order valence-corrected chi connectivity index (χ1v) is 6.55. The van der Waals surface area contributed by atoms with E-state index in [9.17, 15) is 4.79 Å². The lowest BCUT2D eigenvalue weighted by Crippen LogP contribution is -2.21. The van der Waals surface area contributed by atoms with Crippen molar-refractivity contribution >= 4 is 11.1 Å². The number of oxazole rings is 1. The van der Waals surface area contributed by atoms with Gasteiger partial charge < -0.3 is 14.2 Å². The number of benzene rings is 1. The minimum Gasteiger partial charge on any atom is -0.472 e. The fourth-order valence-corrected chi connectivity index (χ4v) is 2.40. The Morgan fingerprint density at radius 1 is 1.30 bits per heavy atom. The van der Waals surface area contributed by atoms with Gasteiger partial charge in [0.1, 0.15) is 0 Å². The molecule has 2 heterocycles. The lowest BCUT2D eigenvalue weighted by atomic mass is 10.0. The third kappa shape index (κ3) is 2.06. The SMILES string of the molecule is CCNC(c1ccoc1)c1ccc2c(c1)oc(=O)n2C. The highest BCUT2D eigenvalue weighted by Gasteiger charge is 2.16. The standard InChI is InChI=1S/C15H16N2O3/c1-3-16-14(11-6-7-19-9-11)10-4-5-12-13(8-10)20-15(18)17(12)2/h4-9,14,16H,3H2,1-2H3. The Morgan fingerprint density at radius 3 is 2.85 bits per heavy atom. The van der Waals surface area contributed by atoms with E-state index in [1.807, 2.05) is 31.2 Å². The molecule has 0 saturated heterocycles. The summed E-state index contributed by atoms with van der Waals surface area (Å²) in [4.78, 5) is 11.5. The average molecular weight is 272 g/mol. The lowest BCUT2D eigenvalue weighted by Gasteiger charge is -2.16. The fourth-order valence-electron chi connectivity index (χ4n) is 2.40. The molecule has 0 radical (unpaired) electrons. The number of hydrogen-bond acceptors (Lipinski definition) is 4. The second-order valence-corrected chi connectivity index (χ2v) is 4.70. The van der Waals surface area contributed by atoms with Crippen molar-refractivity contribution in [2.24, 2.45) is 7.05 Å². The van der Waals surface area contributed by atoms with Gasteiger partial charge in [-0.2, -0.15) is 0 Å². The molecule has 1 unspecified atom stereocenters. The zero-order valence-corrected chi connectivity index (χ0v) is 11.4. The molecule has 0 saturated carbocycles. The Kier molecular flexibility index (Phi) is 3.20. The van der Waals surface area contributed by atoms with Gasteiger partial charge in [0.15, 0.2) is 5.58 Å². The summed E-state index contributed by atoms with van der Waals surface area (Å²) >= 11 is 0. The summed E-state index contributed by atoms with van der Waals surface area (Å²) in [6.45, 7) is 2.88. The van der Waals surface area contributed by atoms with E-state index in [-0.39, 0.29) is 11.8 Å². The van der Waals surface area contributed by atoms with Crippen LogP contribution in [0.15, 0.2) is 50.4 Å². The number of aromatic nitrogens is 1. The van der Waals surface area contributed by atoms with E-state index in [0.717, 1.165) is 23.2 Å². The molecule has 3 aromatic rings. The molecule has 0 aliphatic heterocycles. The van der Waals surface area contributed by atoms with E-state index < -0.39 is 0 Å². The smallest absolute Gasteiger partial charge is 0.419 e. The number of nitrogens with zero attached hydrogens (tertiary/aromatic N) is 1. The number of aryl methyl sites for hydroxylation is 1. The molecule has 3 rings (SSSR count). The van der Waals surface area contributed by atoms with Crippen molar-refractivity contribution in [1.82, 2.24) is 9.88 Å². The fraction of sp³-hybridized carbons (Fsp3) is 0.267. The molecule has 0 aliphatic carbocycles. The van der Waals surface area contributed by atoms with E-state index in [2.05, 4.69) is 5.32 Å². The number of fused-ring (bicyclic) bond motifs is 1. The summed E-state index contributed by atoms with van der Waals surface area (Å²) in [5.74, 6) is -0.347. The summed E-state index contributed by atoms with van der Waals surface area (Å²) in [6, 6.07) is 7.75. The summed E-state index contributed by atoms with van der Waals surface area (Å²) in [7, 11) is 1.70. The summed E-state index contributed by atoms with van der Waals surface area (Å²) in [6.07, 6.45) is 3.37. The van der Waals surface area contributed by atoms with Gasteiger partial charge in [-0.3, -0.25) is 4.57 Å². The maximum absolute atomic E-state index is 11.5. The molecule has 5 nitrogen and oxygen atoms in total. The molecule has 5 heteroatoms. The first-order chi connectivity index (χ1) is 9.70. The molecule has 1 N–H and O–H groups in total. The zero-order chi connectivity index (χ0) is 14.1. The van der Waals surface area contributed by atoms with Crippen molar-refractivity contribution in [3.05, 3.63) is 58.5 Å². The topological polar surface area (TPSA) is 60.3 Å². The number of rotatable bonds is 4. The van der Waals surface area contributed by atoms with Gasteiger partial charge in [-0.05, 0) is 30.3 Å². The molecule has 0 aliphatic rings. The molecule has 0 bridgehead atoms. The normalized spacial score (nSPS) is 12.9. The van der Waals surface area contributed by atoms with Crippen molar-refractivity contribution in [1.29, 1.82) is 0 Å². The van der Waals surface area contributed by atoms with Crippen molar-refractivity contribution in [2.45, 2.75) is 13.0 Å². The Labute approximate surface area is 115 Å². The van der Waals surface area contributed by atoms with E-state index in [0.29, 0.717) is 5.58 Å². The van der Waals surface area contributed by atoms with Crippen LogP contribution in [0.3, 0.4) is 0 Å². The van der Waals surface area contributed by atoms with Gasteiger partial charge in [0, 0.05) is 12.6 Å². The molecule has 20 heavy (non-hydrogen) atoms. The molecule has 0 fully saturated rings. The monoisotopic (exact) mass is 272 g/mol. The third-order valence-electron chi connectivity index (χ3n) is 3.43. The van der Waals surface area contributed by atoms with Gasteiger partial charge in [-0.1, -0.05) is 13.0 Å². The minimum absolute atomic E-state index is 0.0219. The zero-order valence-electron chi connectivity index (χ0n) is 11.4. The van der Waals surface area contributed by atoms with E-state index in [1.54, 1.807) is 19.6 Å². The third-order valence-corrected chi connectivity index (χ3v) is 3.43. The van der Waals surface area contributed by atoms with Gasteiger partial charge in [0.2, 0.25) is 0 Å². The molecule has 0 spiro atoms. The average Bonchev–Trinajstić information content (AvgIpc) is 3.06. The van der Waals surface area contributed by atoms with E-state index >= 15 is 0 Å². The maximum Gasteiger partial charge on any atom is 0.419 e. The summed E-state index contributed by atoms with van der Waals surface area (Å²) in [5, 5.41) is 3.40. The Bertz CT molecular complexity index is 768. The molecular weight excluding hydrogens is 256 g/mol. The van der Waals surface area contributed by atoms with Crippen LogP contribution in [0, 0.1) is 0 Å². The summed E-state index contributed by atoms with van der Waals surface area (Å²) < 4.78 is 11.9. The molecule has 1 aromatic carbocycles. The minimum atomic E-state index is -0.347. The van der Waals surface area contributed by atoms with Crippen LogP contribution in [0.1, 0.15) is 24.1 Å². The quantitative estimate of drug-likeness (QED) is 0.792. The number of nitrogens with one attached hydrogen (secondary N) is 1. The van der Waals surface area contributed by atoms with Gasteiger partial charge >= 0.3 is 5.76 Å². The van der Waals surface area contributed by atoms with Crippen molar-refractivity contribution in [3.63, 3.8) is 0 Å². The second kappa shape index (κ2) is 5.02. The van der Waals surface area contributed by atoms with Crippen LogP contribution < -0.4 is 11.1 Å². The summed E-state index contributed by atoms with van der Waals surface area (Å²) in [5.41, 5.74) is 3.47. The lowest BCUT2D eigenvalue weighted by molar-refractivity contribution is 0.527. The maximum atomic E-state index is 11.5. The largest absolute Gasteiger partial charge is 0.472 e. The Balaban J connectivity index is 2.09. The van der Waals surface area contributed by atoms with Crippen LogP contribution in [0.5, 0.6) is 0 Å². The van der Waals surface area contributed by atoms with Gasteiger partial charge in [-0.25, -0.2) is 4.79 Å². The Morgan fingerprint density at radius 2 is 2.15 bits per heavy atom. The Hall–Kier alpha value is -2.27. The van der Waals surface area contributed by atoms with E-state index in [4.69, 9.17) is 8.83 Å². The number of furan rings is 1. The van der Waals surface area contributed by atoms with Crippen LogP contribution >= 0.6 is 0 Å². The molecule has 2 aromatic heterocycles. The first kappa shape index (κ1) is 12.7. The van der Waals surface area contributed by atoms with E-state index in [1.165, 1.54) is 4.57 Å². The van der Waals surface area contributed by atoms with Crippen molar-refractivity contribution in [3.8, 4) is 0 Å². The highest BCUT2D eigenvalue weighted by atomic mass is 16.4. The van der Waals surface area contributed by atoms with Crippen molar-refractivity contribution < 1.29 is 8.83 Å². The molecule has 0 amide bonds. The van der Waals surface area contributed by atoms with Gasteiger partial charge in [0.25, 0.3) is 0 Å².